The van der Waals surface area contributed by atoms with E-state index in [1.165, 1.54) is 6.07 Å². The minimum absolute atomic E-state index is 0.0203. The Kier molecular flexibility index (Phi) is 8.03. The lowest BCUT2D eigenvalue weighted by molar-refractivity contribution is -0.141. The number of hydrogen-bond donors (Lipinski definition) is 1. The number of fused-ring (bicyclic) bond motifs is 1. The third kappa shape index (κ3) is 6.26. The van der Waals surface area contributed by atoms with Crippen molar-refractivity contribution >= 4 is 22.6 Å². The molecule has 230 valence electrons. The molecule has 9 nitrogen and oxygen atoms in total. The molecule has 0 spiro atoms. The highest BCUT2D eigenvalue weighted by molar-refractivity contribution is 5.92. The topological polar surface area (TPSA) is 103 Å². The van der Waals surface area contributed by atoms with Gasteiger partial charge in [-0.05, 0) is 42.7 Å². The number of alkyl halides is 3. The minimum Gasteiger partial charge on any atom is -0.478 e. The Morgan fingerprint density at radius 2 is 1.93 bits per heavy atom. The molecule has 1 aromatic carbocycles. The van der Waals surface area contributed by atoms with Crippen LogP contribution in [0.15, 0.2) is 48.7 Å². The van der Waals surface area contributed by atoms with Gasteiger partial charge in [0.1, 0.15) is 23.8 Å². The number of aromatic carboxylic acids is 1. The van der Waals surface area contributed by atoms with Crippen molar-refractivity contribution in [3.63, 3.8) is 0 Å². The summed E-state index contributed by atoms with van der Waals surface area (Å²) in [7, 11) is 0. The summed E-state index contributed by atoms with van der Waals surface area (Å²) in [5, 5.41) is 9.46. The van der Waals surface area contributed by atoms with Gasteiger partial charge in [0, 0.05) is 37.5 Å². The van der Waals surface area contributed by atoms with Crippen molar-refractivity contribution in [2.75, 3.05) is 19.7 Å². The molecule has 0 radical (unpaired) electrons. The molecule has 0 amide bonds. The number of pyridine rings is 2. The lowest BCUT2D eigenvalue weighted by Crippen LogP contribution is -2.33. The zero-order valence-electron chi connectivity index (χ0n) is 23.2. The maximum atomic E-state index is 14.8. The van der Waals surface area contributed by atoms with Crippen LogP contribution < -0.4 is 4.74 Å². The molecule has 2 aliphatic rings. The second kappa shape index (κ2) is 11.9. The summed E-state index contributed by atoms with van der Waals surface area (Å²) in [6, 6.07) is 7.44. The van der Waals surface area contributed by atoms with Crippen LogP contribution in [0.4, 0.5) is 22.0 Å². The Hall–Kier alpha value is -4.43. The van der Waals surface area contributed by atoms with Crippen LogP contribution in [0.5, 0.6) is 5.88 Å². The molecular weight excluding hydrogens is 589 g/mol. The van der Waals surface area contributed by atoms with Gasteiger partial charge in [-0.15, -0.1) is 0 Å². The summed E-state index contributed by atoms with van der Waals surface area (Å²) in [5.74, 6) is -2.65. The minimum atomic E-state index is -4.59. The molecule has 4 aromatic rings. The monoisotopic (exact) mass is 615 g/mol. The molecule has 5 heterocycles. The predicted octanol–water partition coefficient (Wildman–Crippen LogP) is 5.48. The number of carboxylic acid groups (broad SMARTS) is 1. The number of carboxylic acids is 1. The molecule has 1 fully saturated rings. The Balaban J connectivity index is 1.16. The lowest BCUT2D eigenvalue weighted by atomic mass is 10.0. The van der Waals surface area contributed by atoms with Crippen molar-refractivity contribution in [1.29, 1.82) is 0 Å². The van der Waals surface area contributed by atoms with Crippen LogP contribution in [-0.4, -0.2) is 61.3 Å². The number of rotatable bonds is 9. The molecule has 6 rings (SSSR count). The molecule has 3 aromatic heterocycles. The highest BCUT2D eigenvalue weighted by Crippen LogP contribution is 2.30. The van der Waals surface area contributed by atoms with Crippen molar-refractivity contribution in [3.8, 4) is 5.88 Å². The molecule has 1 saturated heterocycles. The first-order valence-electron chi connectivity index (χ1n) is 13.8. The normalized spacial score (nSPS) is 17.4. The Labute approximate surface area is 247 Å². The van der Waals surface area contributed by atoms with Gasteiger partial charge >= 0.3 is 12.1 Å². The molecule has 14 heteroatoms. The zero-order chi connectivity index (χ0) is 31.0. The summed E-state index contributed by atoms with van der Waals surface area (Å²) in [6.07, 6.45) is -0.507. The number of aromatic nitrogens is 4. The second-order valence-electron chi connectivity index (χ2n) is 10.6. The van der Waals surface area contributed by atoms with Gasteiger partial charge in [0.15, 0.2) is 11.6 Å². The summed E-state index contributed by atoms with van der Waals surface area (Å²) >= 11 is 0. The van der Waals surface area contributed by atoms with E-state index in [0.29, 0.717) is 61.9 Å². The van der Waals surface area contributed by atoms with E-state index in [0.717, 1.165) is 30.6 Å². The number of benzene rings is 1. The lowest BCUT2D eigenvalue weighted by Gasteiger charge is -2.29. The Morgan fingerprint density at radius 3 is 2.57 bits per heavy atom. The molecule has 0 aliphatic carbocycles. The number of carbonyl (C=O) groups is 1. The average Bonchev–Trinajstić information content (AvgIpc) is 3.30. The van der Waals surface area contributed by atoms with Crippen LogP contribution in [0.25, 0.3) is 16.6 Å². The first-order valence-corrected chi connectivity index (χ1v) is 13.8. The maximum absolute atomic E-state index is 14.8. The summed E-state index contributed by atoms with van der Waals surface area (Å²) in [6.45, 7) is 2.29. The molecule has 2 aliphatic heterocycles. The van der Waals surface area contributed by atoms with Gasteiger partial charge in [-0.2, -0.15) is 13.2 Å². The van der Waals surface area contributed by atoms with Gasteiger partial charge in [0.25, 0.3) is 5.88 Å². The van der Waals surface area contributed by atoms with Gasteiger partial charge < -0.3 is 19.1 Å². The standard InChI is InChI=1S/C30H26F5N5O4/c31-21-12-22(32)28(44-16-17-1-4-25(36-13-17)30(33,34)35)38-27(21)18-5-8-39(9-6-18)15-26-37-23-3-2-19(29(41)42)11-24(23)40(26)14-20-7-10-43-20/h1-5,11-13,20H,6-10,14-16H2,(H,41,42)/t20-/m0/s1. The Bertz CT molecular complexity index is 1730. The molecular formula is C30H26F5N5O4. The van der Waals surface area contributed by atoms with E-state index in [9.17, 15) is 31.9 Å². The van der Waals surface area contributed by atoms with Gasteiger partial charge in [0.05, 0.1) is 35.8 Å². The molecule has 1 N–H and O–H groups in total. The van der Waals surface area contributed by atoms with Gasteiger partial charge in [0.2, 0.25) is 0 Å². The third-order valence-electron chi connectivity index (χ3n) is 7.60. The summed E-state index contributed by atoms with van der Waals surface area (Å²) in [4.78, 5) is 25.8. The molecule has 0 saturated carbocycles. The van der Waals surface area contributed by atoms with Crippen LogP contribution in [0.1, 0.15) is 46.0 Å². The van der Waals surface area contributed by atoms with Crippen LogP contribution >= 0.6 is 0 Å². The van der Waals surface area contributed by atoms with E-state index in [2.05, 4.69) is 14.9 Å². The highest BCUT2D eigenvalue weighted by Gasteiger charge is 2.32. The zero-order valence-corrected chi connectivity index (χ0v) is 23.2. The van der Waals surface area contributed by atoms with Crippen LogP contribution in [0.2, 0.25) is 0 Å². The number of halogens is 5. The van der Waals surface area contributed by atoms with E-state index < -0.39 is 35.4 Å². The quantitative estimate of drug-likeness (QED) is 0.247. The van der Waals surface area contributed by atoms with Crippen molar-refractivity contribution in [3.05, 3.63) is 88.6 Å². The van der Waals surface area contributed by atoms with Crippen LogP contribution in [-0.2, 0) is 30.6 Å². The van der Waals surface area contributed by atoms with Crippen molar-refractivity contribution in [1.82, 2.24) is 24.4 Å². The van der Waals surface area contributed by atoms with Gasteiger partial charge in [-0.3, -0.25) is 9.88 Å². The van der Waals surface area contributed by atoms with E-state index in [1.807, 2.05) is 4.57 Å². The third-order valence-corrected chi connectivity index (χ3v) is 7.60. The largest absolute Gasteiger partial charge is 0.478 e. The first-order chi connectivity index (χ1) is 21.0. The molecule has 44 heavy (non-hydrogen) atoms. The van der Waals surface area contributed by atoms with Gasteiger partial charge in [-0.25, -0.2) is 23.5 Å². The molecule has 0 bridgehead atoms. The van der Waals surface area contributed by atoms with Crippen molar-refractivity contribution < 1.29 is 41.3 Å². The fourth-order valence-electron chi connectivity index (χ4n) is 5.14. The molecule has 1 atom stereocenters. The highest BCUT2D eigenvalue weighted by atomic mass is 19.4. The van der Waals surface area contributed by atoms with Crippen LogP contribution in [0, 0.1) is 11.6 Å². The summed E-state index contributed by atoms with van der Waals surface area (Å²) in [5.41, 5.74) is 1.23. The van der Waals surface area contributed by atoms with Crippen molar-refractivity contribution in [2.45, 2.75) is 44.8 Å². The first kappa shape index (κ1) is 29.6. The van der Waals surface area contributed by atoms with Crippen LogP contribution in [0.3, 0.4) is 0 Å². The van der Waals surface area contributed by atoms with E-state index >= 15 is 0 Å². The van der Waals surface area contributed by atoms with E-state index in [1.54, 1.807) is 18.2 Å². The average molecular weight is 616 g/mol. The second-order valence-corrected chi connectivity index (χ2v) is 10.6. The maximum Gasteiger partial charge on any atom is 0.433 e. The SMILES string of the molecule is O=C(O)c1ccc2nc(CN3CC=C(c4nc(OCc5ccc(C(F)(F)F)nc5)c(F)cc4F)CC3)n(C[C@@H]3CCO3)c2c1. The van der Waals surface area contributed by atoms with Crippen molar-refractivity contribution in [2.24, 2.45) is 0 Å². The molecule has 0 unspecified atom stereocenters. The number of imidazole rings is 1. The predicted molar refractivity (Wildman–Crippen MR) is 147 cm³/mol. The van der Waals surface area contributed by atoms with E-state index in [-0.39, 0.29) is 29.5 Å². The summed E-state index contributed by atoms with van der Waals surface area (Å²) < 4.78 is 80.5. The Morgan fingerprint density at radius 1 is 1.11 bits per heavy atom. The smallest absolute Gasteiger partial charge is 0.433 e. The van der Waals surface area contributed by atoms with E-state index in [4.69, 9.17) is 14.5 Å². The number of nitrogens with zero attached hydrogens (tertiary/aromatic N) is 5. The fourth-order valence-corrected chi connectivity index (χ4v) is 5.14. The number of ether oxygens (including phenoxy) is 2. The van der Waals surface area contributed by atoms with Gasteiger partial charge in [-0.1, -0.05) is 12.1 Å². The number of hydrogen-bond acceptors (Lipinski definition) is 7. The fraction of sp³-hybridized carbons (Fsp3) is 0.333.